The fraction of sp³-hybridized carbons (Fsp3) is 0.556. The molecule has 0 aromatic heterocycles. The van der Waals surface area contributed by atoms with E-state index in [0.717, 1.165) is 24.5 Å². The number of benzene rings is 1. The average molecular weight is 421 g/mol. The van der Waals surface area contributed by atoms with Crippen LogP contribution >= 0.6 is 24.8 Å². The van der Waals surface area contributed by atoms with Crippen molar-refractivity contribution in [3.8, 4) is 0 Å². The van der Waals surface area contributed by atoms with Crippen molar-refractivity contribution in [1.82, 2.24) is 5.32 Å². The van der Waals surface area contributed by atoms with Crippen molar-refractivity contribution in [2.75, 3.05) is 37.0 Å². The van der Waals surface area contributed by atoms with Gasteiger partial charge in [-0.3, -0.25) is 9.59 Å². The van der Waals surface area contributed by atoms with Crippen molar-refractivity contribution < 1.29 is 14.3 Å². The number of ether oxygens (including phenoxy) is 1. The molecule has 0 spiro atoms. The highest BCUT2D eigenvalue weighted by molar-refractivity contribution is 5.92. The molecule has 2 rings (SSSR count). The topological polar surface area (TPSA) is 96.7 Å². The minimum atomic E-state index is -0.729. The van der Waals surface area contributed by atoms with E-state index < -0.39 is 6.04 Å². The first-order valence-electron chi connectivity index (χ1n) is 8.69. The molecule has 0 aliphatic carbocycles. The summed E-state index contributed by atoms with van der Waals surface area (Å²) in [5.74, 6) is -0.468. The van der Waals surface area contributed by atoms with Crippen LogP contribution in [0, 0.1) is 0 Å². The molecule has 4 N–H and O–H groups in total. The highest BCUT2D eigenvalue weighted by Gasteiger charge is 2.18. The van der Waals surface area contributed by atoms with Crippen LogP contribution in [0.5, 0.6) is 0 Å². The van der Waals surface area contributed by atoms with Gasteiger partial charge in [0.25, 0.3) is 0 Å². The normalized spacial score (nSPS) is 15.1. The van der Waals surface area contributed by atoms with Crippen molar-refractivity contribution in [2.45, 2.75) is 38.3 Å². The van der Waals surface area contributed by atoms with E-state index in [1.54, 1.807) is 6.92 Å². The molecule has 2 atom stereocenters. The lowest BCUT2D eigenvalue weighted by molar-refractivity contribution is -0.124. The van der Waals surface area contributed by atoms with Crippen LogP contribution in [0.2, 0.25) is 0 Å². The van der Waals surface area contributed by atoms with Crippen LogP contribution in [0.1, 0.15) is 26.2 Å². The maximum absolute atomic E-state index is 12.2. The van der Waals surface area contributed by atoms with Gasteiger partial charge in [0.05, 0.1) is 6.61 Å². The van der Waals surface area contributed by atoms with Crippen LogP contribution in [-0.4, -0.2) is 50.7 Å². The van der Waals surface area contributed by atoms with Gasteiger partial charge in [0.1, 0.15) is 6.04 Å². The Morgan fingerprint density at radius 1 is 1.26 bits per heavy atom. The molecule has 27 heavy (non-hydrogen) atoms. The molecule has 1 aliphatic heterocycles. The van der Waals surface area contributed by atoms with E-state index in [-0.39, 0.29) is 55.7 Å². The summed E-state index contributed by atoms with van der Waals surface area (Å²) in [5.41, 5.74) is 7.56. The number of methoxy groups -OCH3 is 1. The molecule has 1 fully saturated rings. The second kappa shape index (κ2) is 12.8. The fourth-order valence-electron chi connectivity index (χ4n) is 2.90. The number of carbonyl (C=O) groups excluding carboxylic acids is 2. The lowest BCUT2D eigenvalue weighted by Crippen LogP contribution is -2.47. The number of carbonyl (C=O) groups is 2. The molecule has 1 aliphatic rings. The number of rotatable bonds is 8. The van der Waals surface area contributed by atoms with Crippen molar-refractivity contribution >= 4 is 48.0 Å². The monoisotopic (exact) mass is 420 g/mol. The maximum Gasteiger partial charge on any atom is 0.239 e. The largest absolute Gasteiger partial charge is 0.383 e. The number of hydrogen-bond donors (Lipinski definition) is 3. The van der Waals surface area contributed by atoms with E-state index in [4.69, 9.17) is 10.5 Å². The highest BCUT2D eigenvalue weighted by atomic mass is 35.5. The molecule has 2 amide bonds. The van der Waals surface area contributed by atoms with Gasteiger partial charge in [0, 0.05) is 44.0 Å². The van der Waals surface area contributed by atoms with Gasteiger partial charge in [-0.05, 0) is 38.0 Å². The molecular weight excluding hydrogens is 391 g/mol. The van der Waals surface area contributed by atoms with Gasteiger partial charge in [-0.1, -0.05) is 6.07 Å². The molecule has 1 saturated heterocycles. The molecular formula is C18H30Cl2N4O3. The van der Waals surface area contributed by atoms with Crippen LogP contribution in [0.3, 0.4) is 0 Å². The van der Waals surface area contributed by atoms with Gasteiger partial charge >= 0.3 is 0 Å². The van der Waals surface area contributed by atoms with Crippen molar-refractivity contribution in [3.05, 3.63) is 24.3 Å². The van der Waals surface area contributed by atoms with Crippen molar-refractivity contribution in [1.29, 1.82) is 0 Å². The van der Waals surface area contributed by atoms with Crippen molar-refractivity contribution in [3.63, 3.8) is 0 Å². The summed E-state index contributed by atoms with van der Waals surface area (Å²) in [5, 5.41) is 5.62. The molecule has 9 heteroatoms. The predicted molar refractivity (Wildman–Crippen MR) is 113 cm³/mol. The number of anilines is 2. The summed E-state index contributed by atoms with van der Waals surface area (Å²) in [4.78, 5) is 26.3. The standard InChI is InChI=1S/C18H28N4O3.2ClH/c1-13(20-18(24)16(19)12-25-2)10-17(23)21-14-6-5-7-15(11-14)22-8-3-4-9-22;;/h5-7,11,13,16H,3-4,8-10,12,19H2,1-2H3,(H,20,24)(H,21,23);2*1H. The first-order chi connectivity index (χ1) is 12.0. The third-order valence-electron chi connectivity index (χ3n) is 4.16. The van der Waals surface area contributed by atoms with E-state index in [1.165, 1.54) is 20.0 Å². The van der Waals surface area contributed by atoms with E-state index in [1.807, 2.05) is 18.2 Å². The maximum atomic E-state index is 12.2. The van der Waals surface area contributed by atoms with E-state index in [0.29, 0.717) is 0 Å². The van der Waals surface area contributed by atoms with Crippen LogP contribution in [0.25, 0.3) is 0 Å². The second-order valence-corrected chi connectivity index (χ2v) is 6.47. The Morgan fingerprint density at radius 2 is 1.93 bits per heavy atom. The Bertz CT molecular complexity index is 598. The van der Waals surface area contributed by atoms with Crippen molar-refractivity contribution in [2.24, 2.45) is 5.73 Å². The van der Waals surface area contributed by atoms with E-state index in [2.05, 4.69) is 21.6 Å². The Balaban J connectivity index is 0.00000338. The van der Waals surface area contributed by atoms with Gasteiger partial charge < -0.3 is 26.0 Å². The third kappa shape index (κ3) is 8.34. The van der Waals surface area contributed by atoms with Gasteiger partial charge in [-0.2, -0.15) is 0 Å². The molecule has 0 radical (unpaired) electrons. The van der Waals surface area contributed by atoms with E-state index >= 15 is 0 Å². The Hall–Kier alpha value is -1.54. The summed E-state index contributed by atoms with van der Waals surface area (Å²) in [6.07, 6.45) is 2.59. The molecule has 7 nitrogen and oxygen atoms in total. The van der Waals surface area contributed by atoms with Crippen LogP contribution in [0.15, 0.2) is 24.3 Å². The number of hydrogen-bond acceptors (Lipinski definition) is 5. The number of halogens is 2. The minimum absolute atomic E-state index is 0. The van der Waals surface area contributed by atoms with E-state index in [9.17, 15) is 9.59 Å². The van der Waals surface area contributed by atoms with Gasteiger partial charge in [0.15, 0.2) is 0 Å². The first kappa shape index (κ1) is 25.5. The number of nitrogens with one attached hydrogen (secondary N) is 2. The van der Waals surface area contributed by atoms with Gasteiger partial charge in [0.2, 0.25) is 11.8 Å². The Kier molecular flexibility index (Phi) is 12.0. The van der Waals surface area contributed by atoms with Crippen LogP contribution in [-0.2, 0) is 14.3 Å². The predicted octanol–water partition coefficient (Wildman–Crippen LogP) is 1.94. The molecule has 1 aromatic rings. The minimum Gasteiger partial charge on any atom is -0.383 e. The Labute approximate surface area is 173 Å². The van der Waals surface area contributed by atoms with Gasteiger partial charge in [-0.15, -0.1) is 24.8 Å². The molecule has 1 heterocycles. The first-order valence-corrected chi connectivity index (χ1v) is 8.69. The quantitative estimate of drug-likeness (QED) is 0.596. The zero-order valence-corrected chi connectivity index (χ0v) is 17.4. The summed E-state index contributed by atoms with van der Waals surface area (Å²) < 4.78 is 4.85. The van der Waals surface area contributed by atoms with Crippen LogP contribution in [0.4, 0.5) is 11.4 Å². The summed E-state index contributed by atoms with van der Waals surface area (Å²) in [6.45, 7) is 4.04. The highest BCUT2D eigenvalue weighted by Crippen LogP contribution is 2.23. The molecule has 2 unspecified atom stereocenters. The third-order valence-corrected chi connectivity index (χ3v) is 4.16. The molecule has 0 saturated carbocycles. The zero-order valence-electron chi connectivity index (χ0n) is 15.8. The number of nitrogens with two attached hydrogens (primary N) is 1. The average Bonchev–Trinajstić information content (AvgIpc) is 3.09. The second-order valence-electron chi connectivity index (χ2n) is 6.47. The summed E-state index contributed by atoms with van der Waals surface area (Å²) in [6, 6.07) is 6.82. The Morgan fingerprint density at radius 3 is 2.56 bits per heavy atom. The summed E-state index contributed by atoms with van der Waals surface area (Å²) >= 11 is 0. The summed E-state index contributed by atoms with van der Waals surface area (Å²) in [7, 11) is 1.49. The molecule has 154 valence electrons. The SMILES string of the molecule is COCC(N)C(=O)NC(C)CC(=O)Nc1cccc(N2CCCC2)c1.Cl.Cl. The number of amides is 2. The fourth-order valence-corrected chi connectivity index (χ4v) is 2.90. The smallest absolute Gasteiger partial charge is 0.239 e. The van der Waals surface area contributed by atoms with Gasteiger partial charge in [-0.25, -0.2) is 0 Å². The molecule has 0 bridgehead atoms. The molecule has 1 aromatic carbocycles. The zero-order chi connectivity index (χ0) is 18.2. The lowest BCUT2D eigenvalue weighted by Gasteiger charge is -2.19. The van der Waals surface area contributed by atoms with Crippen LogP contribution < -0.4 is 21.3 Å². The number of nitrogens with zero attached hydrogens (tertiary/aromatic N) is 1. The lowest BCUT2D eigenvalue weighted by atomic mass is 10.2.